The van der Waals surface area contributed by atoms with Crippen LogP contribution >= 0.6 is 0 Å². The maximum Gasteiger partial charge on any atom is 0.246 e. The summed E-state index contributed by atoms with van der Waals surface area (Å²) in [6.07, 6.45) is 4.99. The minimum absolute atomic E-state index is 0.0274. The number of nitrogens with zero attached hydrogens (tertiary/aromatic N) is 2. The molecular formula is C20H25N3O2. The molecule has 5 heteroatoms. The van der Waals surface area contributed by atoms with Gasteiger partial charge in [0.2, 0.25) is 5.91 Å². The Morgan fingerprint density at radius 1 is 1.36 bits per heavy atom. The summed E-state index contributed by atoms with van der Waals surface area (Å²) in [4.78, 5) is 22.5. The Morgan fingerprint density at radius 2 is 2.12 bits per heavy atom. The quantitative estimate of drug-likeness (QED) is 0.935. The number of piperidine rings is 1. The van der Waals surface area contributed by atoms with Gasteiger partial charge in [0, 0.05) is 36.6 Å². The van der Waals surface area contributed by atoms with Crippen molar-refractivity contribution in [3.05, 3.63) is 36.0 Å². The van der Waals surface area contributed by atoms with Crippen molar-refractivity contribution >= 4 is 22.5 Å². The number of rotatable bonds is 3. The molecule has 3 heterocycles. The topological polar surface area (TPSA) is 57.7 Å². The van der Waals surface area contributed by atoms with Gasteiger partial charge >= 0.3 is 0 Å². The van der Waals surface area contributed by atoms with Crippen molar-refractivity contribution < 1.29 is 9.53 Å². The summed E-state index contributed by atoms with van der Waals surface area (Å²) >= 11 is 0. The van der Waals surface area contributed by atoms with Gasteiger partial charge in [-0.3, -0.25) is 4.79 Å². The molecule has 0 bridgehead atoms. The summed E-state index contributed by atoms with van der Waals surface area (Å²) in [5.41, 5.74) is 2.98. The lowest BCUT2D eigenvalue weighted by Crippen LogP contribution is -2.64. The number of aryl methyl sites for hydroxylation is 1. The number of fused-ring (bicyclic) bond motifs is 1. The predicted molar refractivity (Wildman–Crippen MR) is 99.1 cm³/mol. The number of likely N-dealkylation sites (tertiary alicyclic amines) is 1. The molecule has 1 N–H and O–H groups in total. The number of hydrogen-bond acceptors (Lipinski definition) is 3. The molecule has 2 aliphatic rings. The van der Waals surface area contributed by atoms with Gasteiger partial charge < -0.3 is 14.6 Å². The second kappa shape index (κ2) is 6.39. The molecule has 2 aromatic rings. The first-order chi connectivity index (χ1) is 12.1. The zero-order valence-electron chi connectivity index (χ0n) is 14.9. The van der Waals surface area contributed by atoms with Crippen LogP contribution in [0.15, 0.2) is 35.5 Å². The fourth-order valence-corrected chi connectivity index (χ4v) is 4.08. The molecule has 132 valence electrons. The molecule has 1 aromatic carbocycles. The number of benzene rings is 1. The van der Waals surface area contributed by atoms with Crippen LogP contribution in [-0.4, -0.2) is 53.3 Å². The maximum atomic E-state index is 12.4. The van der Waals surface area contributed by atoms with Gasteiger partial charge in [-0.15, -0.1) is 0 Å². The van der Waals surface area contributed by atoms with Crippen LogP contribution in [0.25, 0.3) is 10.9 Å². The fourth-order valence-electron chi connectivity index (χ4n) is 4.08. The highest BCUT2D eigenvalue weighted by molar-refractivity contribution is 6.06. The predicted octanol–water partition coefficient (Wildman–Crippen LogP) is 2.95. The van der Waals surface area contributed by atoms with Gasteiger partial charge in [-0.1, -0.05) is 18.2 Å². The van der Waals surface area contributed by atoms with Crippen molar-refractivity contribution in [3.63, 3.8) is 0 Å². The summed E-state index contributed by atoms with van der Waals surface area (Å²) < 4.78 is 6.02. The first-order valence-corrected chi connectivity index (χ1v) is 9.11. The van der Waals surface area contributed by atoms with Gasteiger partial charge in [0.05, 0.1) is 11.8 Å². The Kier molecular flexibility index (Phi) is 4.21. The van der Waals surface area contributed by atoms with Crippen LogP contribution in [0.2, 0.25) is 0 Å². The van der Waals surface area contributed by atoms with E-state index in [2.05, 4.69) is 34.1 Å². The van der Waals surface area contributed by atoms with E-state index in [1.165, 1.54) is 10.9 Å². The van der Waals surface area contributed by atoms with Crippen LogP contribution in [0.3, 0.4) is 0 Å². The van der Waals surface area contributed by atoms with Crippen LogP contribution in [0, 0.1) is 0 Å². The van der Waals surface area contributed by atoms with Crippen molar-refractivity contribution in [2.45, 2.75) is 44.3 Å². The molecule has 0 aliphatic carbocycles. The molecule has 0 saturated carbocycles. The van der Waals surface area contributed by atoms with E-state index in [1.807, 2.05) is 25.3 Å². The Labute approximate surface area is 148 Å². The third kappa shape index (κ3) is 3.02. The molecule has 2 fully saturated rings. The number of aromatic amines is 1. The number of ether oxygens (including phenoxy) is 1. The minimum Gasteiger partial charge on any atom is -0.361 e. The van der Waals surface area contributed by atoms with E-state index in [-0.39, 0.29) is 17.6 Å². The third-order valence-corrected chi connectivity index (χ3v) is 5.58. The highest BCUT2D eigenvalue weighted by Crippen LogP contribution is 2.39. The summed E-state index contributed by atoms with van der Waals surface area (Å²) in [6, 6.07) is 8.18. The molecule has 1 amide bonds. The number of carbonyl (C=O) groups is 1. The highest BCUT2D eigenvalue weighted by atomic mass is 16.5. The molecule has 5 nitrogen and oxygen atoms in total. The minimum atomic E-state index is -0.275. The monoisotopic (exact) mass is 339 g/mol. The van der Waals surface area contributed by atoms with E-state index in [0.29, 0.717) is 12.8 Å². The summed E-state index contributed by atoms with van der Waals surface area (Å²) in [5.74, 6) is -0.0336. The Balaban J connectivity index is 1.43. The third-order valence-electron chi connectivity index (χ3n) is 5.58. The van der Waals surface area contributed by atoms with E-state index >= 15 is 0 Å². The van der Waals surface area contributed by atoms with Gasteiger partial charge in [0.15, 0.2) is 0 Å². The van der Waals surface area contributed by atoms with E-state index in [1.54, 1.807) is 0 Å². The Morgan fingerprint density at radius 3 is 2.88 bits per heavy atom. The number of aliphatic imine (C=N–C) groups is 1. The second-order valence-corrected chi connectivity index (χ2v) is 7.31. The number of amides is 1. The Hall–Kier alpha value is -1.98. The van der Waals surface area contributed by atoms with Crippen LogP contribution in [0.5, 0.6) is 0 Å². The van der Waals surface area contributed by atoms with Crippen molar-refractivity contribution in [2.24, 2.45) is 4.99 Å². The molecule has 1 spiro atoms. The summed E-state index contributed by atoms with van der Waals surface area (Å²) in [6.45, 7) is 3.99. The molecule has 1 unspecified atom stereocenters. The van der Waals surface area contributed by atoms with Gasteiger partial charge in [0.1, 0.15) is 5.60 Å². The Bertz CT molecular complexity index is 815. The van der Waals surface area contributed by atoms with Crippen molar-refractivity contribution in [3.8, 4) is 0 Å². The van der Waals surface area contributed by atoms with Gasteiger partial charge in [-0.2, -0.15) is 0 Å². The van der Waals surface area contributed by atoms with Crippen LogP contribution in [0.1, 0.15) is 31.7 Å². The van der Waals surface area contributed by atoms with E-state index in [4.69, 9.17) is 4.74 Å². The smallest absolute Gasteiger partial charge is 0.246 e. The van der Waals surface area contributed by atoms with Gasteiger partial charge in [-0.25, -0.2) is 4.99 Å². The number of hydrogen-bond donors (Lipinski definition) is 1. The van der Waals surface area contributed by atoms with Crippen LogP contribution in [-0.2, 0) is 16.0 Å². The first kappa shape index (κ1) is 16.5. The average Bonchev–Trinajstić information content (AvgIpc) is 3.03. The molecule has 25 heavy (non-hydrogen) atoms. The van der Waals surface area contributed by atoms with Crippen molar-refractivity contribution in [1.29, 1.82) is 0 Å². The van der Waals surface area contributed by atoms with Crippen molar-refractivity contribution in [2.75, 3.05) is 20.1 Å². The van der Waals surface area contributed by atoms with Gasteiger partial charge in [-0.05, 0) is 44.9 Å². The van der Waals surface area contributed by atoms with E-state index in [9.17, 15) is 4.79 Å². The van der Waals surface area contributed by atoms with E-state index < -0.39 is 0 Å². The highest BCUT2D eigenvalue weighted by Gasteiger charge is 2.51. The average molecular weight is 339 g/mol. The molecule has 0 radical (unpaired) electrons. The molecule has 1 aromatic heterocycles. The van der Waals surface area contributed by atoms with E-state index in [0.717, 1.165) is 37.2 Å². The number of para-hydroxylation sites is 1. The van der Waals surface area contributed by atoms with Crippen molar-refractivity contribution in [1.82, 2.24) is 9.88 Å². The maximum absolute atomic E-state index is 12.4. The molecule has 1 atom stereocenters. The normalized spacial score (nSPS) is 24.7. The van der Waals surface area contributed by atoms with Gasteiger partial charge in [0.25, 0.3) is 0 Å². The SMILES string of the molecule is CC1OC2(CCN(C)CC2)C1=NC(=O)CCc1c[nH]c2ccccc12. The summed E-state index contributed by atoms with van der Waals surface area (Å²) in [7, 11) is 2.12. The zero-order chi connectivity index (χ0) is 17.4. The van der Waals surface area contributed by atoms with Crippen LogP contribution < -0.4 is 0 Å². The van der Waals surface area contributed by atoms with Crippen LogP contribution in [0.4, 0.5) is 0 Å². The molecule has 4 rings (SSSR count). The lowest BCUT2D eigenvalue weighted by Gasteiger charge is -2.51. The largest absolute Gasteiger partial charge is 0.361 e. The lowest BCUT2D eigenvalue weighted by molar-refractivity contribution is -0.120. The molecule has 2 saturated heterocycles. The second-order valence-electron chi connectivity index (χ2n) is 7.31. The lowest BCUT2D eigenvalue weighted by atomic mass is 9.79. The number of aromatic nitrogens is 1. The molecule has 2 aliphatic heterocycles. The zero-order valence-corrected chi connectivity index (χ0v) is 14.9. The fraction of sp³-hybridized carbons (Fsp3) is 0.500. The number of carbonyl (C=O) groups excluding carboxylic acids is 1. The standard InChI is InChI=1S/C20H25N3O2/c1-14-19(20(25-14)9-11-23(2)12-10-20)22-18(24)8-7-15-13-21-17-6-4-3-5-16(15)17/h3-6,13-14,21H,7-12H2,1-2H3. The number of H-pyrrole nitrogens is 1. The number of nitrogens with one attached hydrogen (secondary N) is 1. The molecular weight excluding hydrogens is 314 g/mol. The first-order valence-electron chi connectivity index (χ1n) is 9.11. The summed E-state index contributed by atoms with van der Waals surface area (Å²) in [5, 5.41) is 1.19.